The quantitative estimate of drug-likeness (QED) is 0.799. The number of fused-ring (bicyclic) bond motifs is 1. The summed E-state index contributed by atoms with van der Waals surface area (Å²) in [5.74, 6) is 0. The highest BCUT2D eigenvalue weighted by molar-refractivity contribution is 5.84. The van der Waals surface area contributed by atoms with Crippen LogP contribution in [0.2, 0.25) is 0 Å². The Balaban J connectivity index is 1.50. The van der Waals surface area contributed by atoms with Crippen molar-refractivity contribution in [2.75, 3.05) is 19.6 Å². The second-order valence-electron chi connectivity index (χ2n) is 5.70. The van der Waals surface area contributed by atoms with Crippen LogP contribution >= 0.6 is 0 Å². The molecule has 4 rings (SSSR count). The van der Waals surface area contributed by atoms with Crippen molar-refractivity contribution in [3.05, 3.63) is 36.7 Å². The Labute approximate surface area is 123 Å². The molecular weight excluding hydrogens is 262 g/mol. The summed E-state index contributed by atoms with van der Waals surface area (Å²) in [5.41, 5.74) is 3.22. The minimum Gasteiger partial charge on any atom is -0.361 e. The lowest BCUT2D eigenvalue weighted by molar-refractivity contribution is 0.314. The van der Waals surface area contributed by atoms with Crippen LogP contribution in [-0.2, 0) is 6.54 Å². The standard InChI is InChI=1S/C16H19N5/c1-2-8-20(7-1)9-10-21-12-16(18-19-21)13-3-4-15-14(11-13)5-6-17-15/h3-6,11-12,17H,1-2,7-10H2. The molecule has 0 amide bonds. The first-order valence-electron chi connectivity index (χ1n) is 7.58. The van der Waals surface area contributed by atoms with Gasteiger partial charge in [0.2, 0.25) is 0 Å². The molecule has 108 valence electrons. The maximum atomic E-state index is 4.31. The van der Waals surface area contributed by atoms with E-state index in [1.807, 2.05) is 17.1 Å². The number of aromatic amines is 1. The first-order valence-corrected chi connectivity index (χ1v) is 7.58. The Bertz CT molecular complexity index is 736. The van der Waals surface area contributed by atoms with Crippen molar-refractivity contribution < 1.29 is 0 Å². The van der Waals surface area contributed by atoms with Gasteiger partial charge in [-0.15, -0.1) is 5.10 Å². The van der Waals surface area contributed by atoms with Crippen molar-refractivity contribution in [3.8, 4) is 11.3 Å². The zero-order valence-corrected chi connectivity index (χ0v) is 12.0. The minimum atomic E-state index is 0.916. The van der Waals surface area contributed by atoms with Gasteiger partial charge < -0.3 is 9.88 Å². The van der Waals surface area contributed by atoms with Gasteiger partial charge in [0.1, 0.15) is 5.69 Å². The molecule has 3 aromatic rings. The van der Waals surface area contributed by atoms with Gasteiger partial charge in [-0.2, -0.15) is 0 Å². The maximum absolute atomic E-state index is 4.31. The number of nitrogens with zero attached hydrogens (tertiary/aromatic N) is 4. The number of likely N-dealkylation sites (tertiary alicyclic amines) is 1. The highest BCUT2D eigenvalue weighted by Gasteiger charge is 2.11. The summed E-state index contributed by atoms with van der Waals surface area (Å²) in [5, 5.41) is 9.77. The van der Waals surface area contributed by atoms with Crippen LogP contribution in [0, 0.1) is 0 Å². The molecule has 3 heterocycles. The zero-order valence-electron chi connectivity index (χ0n) is 12.0. The van der Waals surface area contributed by atoms with Crippen LogP contribution < -0.4 is 0 Å². The van der Waals surface area contributed by atoms with Crippen LogP contribution in [0.4, 0.5) is 0 Å². The van der Waals surface area contributed by atoms with Crippen LogP contribution in [0.25, 0.3) is 22.2 Å². The van der Waals surface area contributed by atoms with Crippen molar-refractivity contribution in [2.24, 2.45) is 0 Å². The molecule has 1 aromatic carbocycles. The number of aromatic nitrogens is 4. The smallest absolute Gasteiger partial charge is 0.113 e. The van der Waals surface area contributed by atoms with Gasteiger partial charge in [-0.3, -0.25) is 4.68 Å². The third-order valence-corrected chi connectivity index (χ3v) is 4.23. The van der Waals surface area contributed by atoms with Crippen molar-refractivity contribution in [1.29, 1.82) is 0 Å². The second-order valence-corrected chi connectivity index (χ2v) is 5.70. The third kappa shape index (κ3) is 2.56. The highest BCUT2D eigenvalue weighted by atomic mass is 15.4. The average Bonchev–Trinajstić information content (AvgIpc) is 3.25. The highest BCUT2D eigenvalue weighted by Crippen LogP contribution is 2.21. The molecule has 0 atom stereocenters. The van der Waals surface area contributed by atoms with Crippen molar-refractivity contribution in [3.63, 3.8) is 0 Å². The zero-order chi connectivity index (χ0) is 14.1. The summed E-state index contributed by atoms with van der Waals surface area (Å²) >= 11 is 0. The lowest BCUT2D eigenvalue weighted by Crippen LogP contribution is -2.24. The third-order valence-electron chi connectivity index (χ3n) is 4.23. The van der Waals surface area contributed by atoms with E-state index in [4.69, 9.17) is 0 Å². The molecule has 0 radical (unpaired) electrons. The molecule has 5 nitrogen and oxygen atoms in total. The SMILES string of the molecule is c1cc2cc(-c3cn(CCN4CCCC4)nn3)ccc2[nH]1. The summed E-state index contributed by atoms with van der Waals surface area (Å²) in [6.45, 7) is 4.44. The van der Waals surface area contributed by atoms with Crippen LogP contribution in [0.15, 0.2) is 36.7 Å². The molecule has 0 spiro atoms. The number of H-pyrrole nitrogens is 1. The fourth-order valence-corrected chi connectivity index (χ4v) is 3.00. The van der Waals surface area contributed by atoms with Gasteiger partial charge >= 0.3 is 0 Å². The van der Waals surface area contributed by atoms with E-state index < -0.39 is 0 Å². The predicted octanol–water partition coefficient (Wildman–Crippen LogP) is 2.52. The molecule has 2 aromatic heterocycles. The molecule has 21 heavy (non-hydrogen) atoms. The Morgan fingerprint density at radius 1 is 1.10 bits per heavy atom. The molecule has 0 aliphatic carbocycles. The van der Waals surface area contributed by atoms with E-state index >= 15 is 0 Å². The topological polar surface area (TPSA) is 49.7 Å². The van der Waals surface area contributed by atoms with Gasteiger partial charge in [0.25, 0.3) is 0 Å². The normalized spacial score (nSPS) is 16.0. The number of hydrogen-bond acceptors (Lipinski definition) is 3. The van der Waals surface area contributed by atoms with Crippen LogP contribution in [-0.4, -0.2) is 44.5 Å². The van der Waals surface area contributed by atoms with Gasteiger partial charge in [0.15, 0.2) is 0 Å². The molecule has 1 N–H and O–H groups in total. The summed E-state index contributed by atoms with van der Waals surface area (Å²) in [6.07, 6.45) is 6.67. The molecule has 0 saturated carbocycles. The van der Waals surface area contributed by atoms with Crippen LogP contribution in [0.5, 0.6) is 0 Å². The Hall–Kier alpha value is -2.14. The molecule has 0 bridgehead atoms. The van der Waals surface area contributed by atoms with Crippen LogP contribution in [0.3, 0.4) is 0 Å². The molecule has 1 fully saturated rings. The van der Waals surface area contributed by atoms with E-state index in [-0.39, 0.29) is 0 Å². The number of nitrogens with one attached hydrogen (secondary N) is 1. The van der Waals surface area contributed by atoms with E-state index in [1.54, 1.807) is 0 Å². The summed E-state index contributed by atoms with van der Waals surface area (Å²) in [7, 11) is 0. The number of benzene rings is 1. The number of rotatable bonds is 4. The summed E-state index contributed by atoms with van der Waals surface area (Å²) < 4.78 is 1.95. The Kier molecular flexibility index (Phi) is 3.20. The van der Waals surface area contributed by atoms with E-state index in [0.29, 0.717) is 0 Å². The van der Waals surface area contributed by atoms with Crippen molar-refractivity contribution in [2.45, 2.75) is 19.4 Å². The molecular formula is C16H19N5. The number of hydrogen-bond donors (Lipinski definition) is 1. The maximum Gasteiger partial charge on any atom is 0.113 e. The minimum absolute atomic E-state index is 0.916. The van der Waals surface area contributed by atoms with Gasteiger partial charge in [0, 0.05) is 29.2 Å². The molecule has 0 unspecified atom stereocenters. The summed E-state index contributed by atoms with van der Waals surface area (Å²) in [4.78, 5) is 5.70. The van der Waals surface area contributed by atoms with Crippen LogP contribution in [0.1, 0.15) is 12.8 Å². The largest absolute Gasteiger partial charge is 0.361 e. The molecule has 1 aliphatic heterocycles. The van der Waals surface area contributed by atoms with E-state index in [9.17, 15) is 0 Å². The average molecular weight is 281 g/mol. The Morgan fingerprint density at radius 2 is 2.00 bits per heavy atom. The van der Waals surface area contributed by atoms with Crippen molar-refractivity contribution in [1.82, 2.24) is 24.9 Å². The Morgan fingerprint density at radius 3 is 2.90 bits per heavy atom. The first kappa shape index (κ1) is 12.6. The van der Waals surface area contributed by atoms with Gasteiger partial charge in [-0.25, -0.2) is 0 Å². The van der Waals surface area contributed by atoms with E-state index in [1.165, 1.54) is 31.3 Å². The monoisotopic (exact) mass is 281 g/mol. The lowest BCUT2D eigenvalue weighted by atomic mass is 10.1. The fraction of sp³-hybridized carbons (Fsp3) is 0.375. The van der Waals surface area contributed by atoms with Gasteiger partial charge in [-0.1, -0.05) is 11.3 Å². The van der Waals surface area contributed by atoms with Gasteiger partial charge in [-0.05, 0) is 44.1 Å². The molecule has 1 aliphatic rings. The van der Waals surface area contributed by atoms with E-state index in [2.05, 4.69) is 44.5 Å². The first-order chi connectivity index (χ1) is 10.4. The lowest BCUT2D eigenvalue weighted by Gasteiger charge is -2.13. The van der Waals surface area contributed by atoms with Crippen molar-refractivity contribution >= 4 is 10.9 Å². The molecule has 5 heteroatoms. The van der Waals surface area contributed by atoms with Gasteiger partial charge in [0.05, 0.1) is 12.7 Å². The predicted molar refractivity (Wildman–Crippen MR) is 83.0 cm³/mol. The second kappa shape index (κ2) is 5.33. The fourth-order valence-electron chi connectivity index (χ4n) is 3.00. The molecule has 1 saturated heterocycles. The van der Waals surface area contributed by atoms with E-state index in [0.717, 1.165) is 29.9 Å². The summed E-state index contributed by atoms with van der Waals surface area (Å²) in [6, 6.07) is 8.42.